The van der Waals surface area contributed by atoms with Crippen molar-refractivity contribution >= 4 is 15.9 Å². The van der Waals surface area contributed by atoms with Crippen LogP contribution in [0.25, 0.3) is 0 Å². The molecule has 0 atom stereocenters. The summed E-state index contributed by atoms with van der Waals surface area (Å²) in [6, 6.07) is 14.6. The Morgan fingerprint density at radius 2 is 1.62 bits per heavy atom. The first kappa shape index (κ1) is 20.1. The average molecular weight is 375 g/mol. The summed E-state index contributed by atoms with van der Waals surface area (Å²) in [7, 11) is -1.89. The third-order valence-corrected chi connectivity index (χ3v) is 6.56. The minimum Gasteiger partial charge on any atom is -0.337 e. The first-order valence-corrected chi connectivity index (χ1v) is 10.2. The zero-order chi connectivity index (χ0) is 19.3. The number of sulfonamides is 1. The third-order valence-electron chi connectivity index (χ3n) is 4.37. The molecular weight excluding hydrogens is 348 g/mol. The maximum atomic E-state index is 12.9. The fraction of sp³-hybridized carbons (Fsp3) is 0.350. The molecule has 0 spiro atoms. The van der Waals surface area contributed by atoms with Gasteiger partial charge in [-0.15, -0.1) is 0 Å². The van der Waals surface area contributed by atoms with Crippen LogP contribution in [0.1, 0.15) is 35.3 Å². The number of nitrogens with zero attached hydrogens (tertiary/aromatic N) is 2. The maximum Gasteiger partial charge on any atom is 0.253 e. The van der Waals surface area contributed by atoms with Crippen molar-refractivity contribution in [2.24, 2.45) is 0 Å². The van der Waals surface area contributed by atoms with Crippen LogP contribution in [0, 0.1) is 6.92 Å². The van der Waals surface area contributed by atoms with Crippen LogP contribution in [0.3, 0.4) is 0 Å². The van der Waals surface area contributed by atoms with Crippen LogP contribution in [0.2, 0.25) is 0 Å². The molecule has 0 aliphatic carbocycles. The van der Waals surface area contributed by atoms with Crippen molar-refractivity contribution in [1.82, 2.24) is 9.21 Å². The van der Waals surface area contributed by atoms with Gasteiger partial charge in [0.05, 0.1) is 4.90 Å². The summed E-state index contributed by atoms with van der Waals surface area (Å²) >= 11 is 0. The fourth-order valence-corrected chi connectivity index (χ4v) is 4.57. The number of benzene rings is 2. The maximum absolute atomic E-state index is 12.9. The molecule has 0 fully saturated rings. The van der Waals surface area contributed by atoms with Crippen LogP contribution in [0.4, 0.5) is 0 Å². The Kier molecular flexibility index (Phi) is 6.56. The SMILES string of the molecule is CCN(CC)S(=O)(=O)c1cc(C(=O)N(C)Cc2ccccc2)ccc1C. The summed E-state index contributed by atoms with van der Waals surface area (Å²) in [4.78, 5) is 14.6. The van der Waals surface area contributed by atoms with E-state index in [0.29, 0.717) is 30.8 Å². The number of carbonyl (C=O) groups is 1. The number of hydrogen-bond acceptors (Lipinski definition) is 3. The largest absolute Gasteiger partial charge is 0.337 e. The third kappa shape index (κ3) is 4.31. The van der Waals surface area contributed by atoms with Crippen molar-refractivity contribution < 1.29 is 13.2 Å². The van der Waals surface area contributed by atoms with Crippen molar-refractivity contribution in [3.8, 4) is 0 Å². The summed E-state index contributed by atoms with van der Waals surface area (Å²) in [5.41, 5.74) is 2.03. The standard InChI is InChI=1S/C20H26N2O3S/c1-5-22(6-2)26(24,25)19-14-18(13-12-16(19)3)20(23)21(4)15-17-10-8-7-9-11-17/h7-14H,5-6,15H2,1-4H3. The molecule has 0 saturated carbocycles. The van der Waals surface area contributed by atoms with E-state index in [9.17, 15) is 13.2 Å². The summed E-state index contributed by atoms with van der Waals surface area (Å²) in [5, 5.41) is 0. The van der Waals surface area contributed by atoms with Crippen molar-refractivity contribution in [2.45, 2.75) is 32.2 Å². The second-order valence-corrected chi connectivity index (χ2v) is 8.12. The zero-order valence-corrected chi connectivity index (χ0v) is 16.6. The van der Waals surface area contributed by atoms with Crippen LogP contribution >= 0.6 is 0 Å². The van der Waals surface area contributed by atoms with Gasteiger partial charge in [0, 0.05) is 32.2 Å². The first-order valence-electron chi connectivity index (χ1n) is 8.71. The fourth-order valence-electron chi connectivity index (χ4n) is 2.86. The molecule has 0 bridgehead atoms. The van der Waals surface area contributed by atoms with E-state index >= 15 is 0 Å². The lowest BCUT2D eigenvalue weighted by Crippen LogP contribution is -2.31. The van der Waals surface area contributed by atoms with Crippen molar-refractivity contribution in [3.05, 3.63) is 65.2 Å². The van der Waals surface area contributed by atoms with Crippen LogP contribution in [-0.4, -0.2) is 43.7 Å². The van der Waals surface area contributed by atoms with Crippen LogP contribution in [-0.2, 0) is 16.6 Å². The Labute approximate surface area is 156 Å². The molecule has 0 radical (unpaired) electrons. The number of carbonyl (C=O) groups excluding carboxylic acids is 1. The molecule has 0 aliphatic heterocycles. The van der Waals surface area contributed by atoms with E-state index in [4.69, 9.17) is 0 Å². The van der Waals surface area contributed by atoms with Gasteiger partial charge in [0.15, 0.2) is 0 Å². The summed E-state index contributed by atoms with van der Waals surface area (Å²) in [6.45, 7) is 6.61. The predicted molar refractivity (Wildman–Crippen MR) is 104 cm³/mol. The molecule has 140 valence electrons. The highest BCUT2D eigenvalue weighted by atomic mass is 32.2. The van der Waals surface area contributed by atoms with E-state index in [2.05, 4.69) is 0 Å². The van der Waals surface area contributed by atoms with Crippen molar-refractivity contribution in [2.75, 3.05) is 20.1 Å². The van der Waals surface area contributed by atoms with Gasteiger partial charge < -0.3 is 4.90 Å². The predicted octanol–water partition coefficient (Wildman–Crippen LogP) is 3.30. The van der Waals surface area contributed by atoms with Crippen molar-refractivity contribution in [3.63, 3.8) is 0 Å². The quantitative estimate of drug-likeness (QED) is 0.747. The van der Waals surface area contributed by atoms with E-state index in [-0.39, 0.29) is 10.8 Å². The monoisotopic (exact) mass is 374 g/mol. The molecule has 0 aromatic heterocycles. The Hall–Kier alpha value is -2.18. The van der Waals surface area contributed by atoms with Crippen LogP contribution in [0.5, 0.6) is 0 Å². The van der Waals surface area contributed by atoms with Gasteiger partial charge in [-0.2, -0.15) is 4.31 Å². The molecule has 2 aromatic rings. The van der Waals surface area contributed by atoms with Gasteiger partial charge >= 0.3 is 0 Å². The lowest BCUT2D eigenvalue weighted by atomic mass is 10.1. The minimum absolute atomic E-state index is 0.195. The van der Waals surface area contributed by atoms with Gasteiger partial charge in [-0.1, -0.05) is 50.2 Å². The minimum atomic E-state index is -3.61. The summed E-state index contributed by atoms with van der Waals surface area (Å²) in [5.74, 6) is -0.204. The van der Waals surface area contributed by atoms with Gasteiger partial charge in [-0.05, 0) is 30.2 Å². The number of amides is 1. The van der Waals surface area contributed by atoms with Gasteiger partial charge in [-0.25, -0.2) is 8.42 Å². The Morgan fingerprint density at radius 3 is 2.19 bits per heavy atom. The second-order valence-electron chi connectivity index (χ2n) is 6.22. The van der Waals surface area contributed by atoms with Gasteiger partial charge in [0.1, 0.15) is 0 Å². The van der Waals surface area contributed by atoms with Gasteiger partial charge in [0.2, 0.25) is 10.0 Å². The van der Waals surface area contributed by atoms with Crippen LogP contribution < -0.4 is 0 Å². The van der Waals surface area contributed by atoms with Crippen LogP contribution in [0.15, 0.2) is 53.4 Å². The molecule has 2 aromatic carbocycles. The van der Waals surface area contributed by atoms with E-state index in [1.165, 1.54) is 10.4 Å². The Morgan fingerprint density at radius 1 is 1.00 bits per heavy atom. The first-order chi connectivity index (χ1) is 12.3. The molecule has 6 heteroatoms. The molecule has 0 saturated heterocycles. The molecule has 0 N–H and O–H groups in total. The summed E-state index contributed by atoms with van der Waals surface area (Å²) < 4.78 is 27.1. The Bertz CT molecular complexity index is 860. The highest BCUT2D eigenvalue weighted by molar-refractivity contribution is 7.89. The van der Waals surface area contributed by atoms with E-state index < -0.39 is 10.0 Å². The molecule has 0 heterocycles. The number of hydrogen-bond donors (Lipinski definition) is 0. The topological polar surface area (TPSA) is 57.7 Å². The van der Waals surface area contributed by atoms with E-state index in [1.807, 2.05) is 30.3 Å². The van der Waals surface area contributed by atoms with Gasteiger partial charge in [0.25, 0.3) is 5.91 Å². The molecule has 0 aliphatic rings. The highest BCUT2D eigenvalue weighted by Crippen LogP contribution is 2.22. The average Bonchev–Trinajstić information content (AvgIpc) is 2.63. The number of rotatable bonds is 7. The highest BCUT2D eigenvalue weighted by Gasteiger charge is 2.25. The molecular formula is C20H26N2O3S. The molecule has 26 heavy (non-hydrogen) atoms. The Balaban J connectivity index is 2.32. The zero-order valence-electron chi connectivity index (χ0n) is 15.8. The molecule has 1 amide bonds. The normalized spacial score (nSPS) is 11.6. The van der Waals surface area contributed by atoms with Crippen molar-refractivity contribution in [1.29, 1.82) is 0 Å². The second kappa shape index (κ2) is 8.47. The van der Waals surface area contributed by atoms with E-state index in [0.717, 1.165) is 5.56 Å². The van der Waals surface area contributed by atoms with E-state index in [1.54, 1.807) is 44.9 Å². The molecule has 2 rings (SSSR count). The smallest absolute Gasteiger partial charge is 0.253 e. The lowest BCUT2D eigenvalue weighted by Gasteiger charge is -2.21. The summed E-state index contributed by atoms with van der Waals surface area (Å²) in [6.07, 6.45) is 0. The lowest BCUT2D eigenvalue weighted by molar-refractivity contribution is 0.0785. The molecule has 0 unspecified atom stereocenters. The molecule has 5 nitrogen and oxygen atoms in total. The number of aryl methyl sites for hydroxylation is 1. The van der Waals surface area contributed by atoms with Gasteiger partial charge in [-0.3, -0.25) is 4.79 Å².